The van der Waals surface area contributed by atoms with Crippen molar-refractivity contribution in [2.24, 2.45) is 0 Å². The maximum Gasteiger partial charge on any atom is 0.219 e. The van der Waals surface area contributed by atoms with E-state index in [9.17, 15) is 4.79 Å². The Bertz CT molecular complexity index is 432. The van der Waals surface area contributed by atoms with Crippen molar-refractivity contribution in [2.75, 3.05) is 20.3 Å². The Morgan fingerprint density at radius 3 is 2.67 bits per heavy atom. The van der Waals surface area contributed by atoms with Gasteiger partial charge in [0, 0.05) is 13.0 Å². The summed E-state index contributed by atoms with van der Waals surface area (Å²) in [6, 6.07) is 5.95. The highest BCUT2D eigenvalue weighted by Crippen LogP contribution is 2.28. The molecule has 0 aliphatic heterocycles. The Morgan fingerprint density at radius 2 is 2.00 bits per heavy atom. The van der Waals surface area contributed by atoms with E-state index in [1.54, 1.807) is 7.11 Å². The standard InChI is InChI=1S/C17H27NO3/c1-4-6-12-21-15-9-8-14(13-16(15)20-3)10-11-18-17(19)7-5-2/h8-9,13H,4-7,10-12H2,1-3H3,(H,18,19). The molecule has 0 heterocycles. The van der Waals surface area contributed by atoms with E-state index in [-0.39, 0.29) is 5.91 Å². The zero-order valence-corrected chi connectivity index (χ0v) is 13.4. The monoisotopic (exact) mass is 293 g/mol. The van der Waals surface area contributed by atoms with Gasteiger partial charge < -0.3 is 14.8 Å². The normalized spacial score (nSPS) is 10.2. The van der Waals surface area contributed by atoms with Crippen LogP contribution in [0.15, 0.2) is 18.2 Å². The lowest BCUT2D eigenvalue weighted by Crippen LogP contribution is -2.25. The van der Waals surface area contributed by atoms with Crippen LogP contribution in [0.5, 0.6) is 11.5 Å². The lowest BCUT2D eigenvalue weighted by molar-refractivity contribution is -0.121. The molecule has 1 amide bonds. The molecule has 0 radical (unpaired) electrons. The van der Waals surface area contributed by atoms with Gasteiger partial charge in [0.25, 0.3) is 0 Å². The van der Waals surface area contributed by atoms with E-state index in [0.717, 1.165) is 42.7 Å². The molecule has 0 unspecified atom stereocenters. The molecule has 1 rings (SSSR count). The summed E-state index contributed by atoms with van der Waals surface area (Å²) in [5.74, 6) is 1.65. The van der Waals surface area contributed by atoms with E-state index in [1.165, 1.54) is 0 Å². The van der Waals surface area contributed by atoms with E-state index in [1.807, 2.05) is 25.1 Å². The summed E-state index contributed by atoms with van der Waals surface area (Å²) in [5, 5.41) is 2.92. The molecule has 1 aromatic rings. The minimum Gasteiger partial charge on any atom is -0.493 e. The maximum atomic E-state index is 11.4. The molecule has 0 fully saturated rings. The second-order valence-corrected chi connectivity index (χ2v) is 5.04. The minimum absolute atomic E-state index is 0.115. The molecule has 4 heteroatoms. The number of rotatable bonds is 10. The fourth-order valence-electron chi connectivity index (χ4n) is 1.97. The summed E-state index contributed by atoms with van der Waals surface area (Å²) in [7, 11) is 1.65. The molecule has 0 saturated carbocycles. The van der Waals surface area contributed by atoms with Gasteiger partial charge >= 0.3 is 0 Å². The predicted octanol–water partition coefficient (Wildman–Crippen LogP) is 3.33. The average molecular weight is 293 g/mol. The Kier molecular flexibility index (Phi) is 8.32. The summed E-state index contributed by atoms with van der Waals surface area (Å²) >= 11 is 0. The van der Waals surface area contributed by atoms with Crippen LogP contribution in [0.1, 0.15) is 45.1 Å². The van der Waals surface area contributed by atoms with Crippen LogP contribution in [0, 0.1) is 0 Å². The van der Waals surface area contributed by atoms with Gasteiger partial charge in [-0.05, 0) is 37.0 Å². The third kappa shape index (κ3) is 6.52. The van der Waals surface area contributed by atoms with Gasteiger partial charge in [0.05, 0.1) is 13.7 Å². The highest BCUT2D eigenvalue weighted by atomic mass is 16.5. The maximum absolute atomic E-state index is 11.4. The van der Waals surface area contributed by atoms with Crippen molar-refractivity contribution in [3.8, 4) is 11.5 Å². The van der Waals surface area contributed by atoms with Crippen LogP contribution in [-0.4, -0.2) is 26.2 Å². The number of benzene rings is 1. The first-order chi connectivity index (χ1) is 10.2. The number of amides is 1. The van der Waals surface area contributed by atoms with Crippen LogP contribution in [-0.2, 0) is 11.2 Å². The van der Waals surface area contributed by atoms with Gasteiger partial charge in [-0.15, -0.1) is 0 Å². The number of hydrogen-bond acceptors (Lipinski definition) is 3. The fourth-order valence-corrected chi connectivity index (χ4v) is 1.97. The zero-order chi connectivity index (χ0) is 15.5. The number of unbranched alkanes of at least 4 members (excludes halogenated alkanes) is 1. The summed E-state index contributed by atoms with van der Waals surface area (Å²) in [5.41, 5.74) is 1.13. The zero-order valence-electron chi connectivity index (χ0n) is 13.4. The molecule has 4 nitrogen and oxygen atoms in total. The molecule has 0 atom stereocenters. The number of methoxy groups -OCH3 is 1. The molecular weight excluding hydrogens is 266 g/mol. The lowest BCUT2D eigenvalue weighted by Gasteiger charge is -2.12. The minimum atomic E-state index is 0.115. The molecule has 0 aliphatic carbocycles. The Hall–Kier alpha value is -1.71. The molecule has 1 N–H and O–H groups in total. The van der Waals surface area contributed by atoms with Gasteiger partial charge in [-0.2, -0.15) is 0 Å². The van der Waals surface area contributed by atoms with Gasteiger partial charge in [0.15, 0.2) is 11.5 Å². The lowest BCUT2D eigenvalue weighted by atomic mass is 10.1. The van der Waals surface area contributed by atoms with Gasteiger partial charge in [-0.3, -0.25) is 4.79 Å². The van der Waals surface area contributed by atoms with E-state index in [4.69, 9.17) is 9.47 Å². The van der Waals surface area contributed by atoms with Crippen LogP contribution in [0.4, 0.5) is 0 Å². The largest absolute Gasteiger partial charge is 0.493 e. The van der Waals surface area contributed by atoms with E-state index >= 15 is 0 Å². The fraction of sp³-hybridized carbons (Fsp3) is 0.588. The van der Waals surface area contributed by atoms with Crippen LogP contribution in [0.3, 0.4) is 0 Å². The Morgan fingerprint density at radius 1 is 1.19 bits per heavy atom. The number of nitrogens with one attached hydrogen (secondary N) is 1. The number of hydrogen-bond donors (Lipinski definition) is 1. The van der Waals surface area contributed by atoms with Crippen molar-refractivity contribution in [3.05, 3.63) is 23.8 Å². The van der Waals surface area contributed by atoms with Gasteiger partial charge in [0.2, 0.25) is 5.91 Å². The number of carbonyl (C=O) groups is 1. The third-order valence-electron chi connectivity index (χ3n) is 3.20. The quantitative estimate of drug-likeness (QED) is 0.673. The summed E-state index contributed by atoms with van der Waals surface area (Å²) in [4.78, 5) is 11.4. The third-order valence-corrected chi connectivity index (χ3v) is 3.20. The molecule has 0 bridgehead atoms. The first-order valence-corrected chi connectivity index (χ1v) is 7.77. The first kappa shape index (κ1) is 17.3. The second-order valence-electron chi connectivity index (χ2n) is 5.04. The van der Waals surface area contributed by atoms with Crippen molar-refractivity contribution < 1.29 is 14.3 Å². The molecular formula is C17H27NO3. The molecule has 1 aromatic carbocycles. The van der Waals surface area contributed by atoms with E-state index < -0.39 is 0 Å². The van der Waals surface area contributed by atoms with Crippen LogP contribution >= 0.6 is 0 Å². The second kappa shape index (κ2) is 10.1. The smallest absolute Gasteiger partial charge is 0.219 e. The SMILES string of the molecule is CCCCOc1ccc(CCNC(=O)CCC)cc1OC. The van der Waals surface area contributed by atoms with E-state index in [0.29, 0.717) is 19.6 Å². The van der Waals surface area contributed by atoms with E-state index in [2.05, 4.69) is 12.2 Å². The number of carbonyl (C=O) groups excluding carboxylic acids is 1. The van der Waals surface area contributed by atoms with Crippen molar-refractivity contribution in [1.82, 2.24) is 5.32 Å². The molecule has 0 aromatic heterocycles. The molecule has 21 heavy (non-hydrogen) atoms. The predicted molar refractivity (Wildman–Crippen MR) is 85.0 cm³/mol. The van der Waals surface area contributed by atoms with Crippen LogP contribution in [0.2, 0.25) is 0 Å². The van der Waals surface area contributed by atoms with Crippen LogP contribution < -0.4 is 14.8 Å². The van der Waals surface area contributed by atoms with Crippen LogP contribution in [0.25, 0.3) is 0 Å². The Balaban J connectivity index is 2.50. The van der Waals surface area contributed by atoms with Gasteiger partial charge in [-0.1, -0.05) is 26.3 Å². The average Bonchev–Trinajstić information content (AvgIpc) is 2.49. The highest BCUT2D eigenvalue weighted by molar-refractivity contribution is 5.75. The summed E-state index contributed by atoms with van der Waals surface area (Å²) in [6.45, 7) is 5.50. The molecule has 118 valence electrons. The highest BCUT2D eigenvalue weighted by Gasteiger charge is 2.06. The van der Waals surface area contributed by atoms with Crippen molar-refractivity contribution in [2.45, 2.75) is 46.0 Å². The van der Waals surface area contributed by atoms with Gasteiger partial charge in [0.1, 0.15) is 0 Å². The molecule has 0 aliphatic rings. The summed E-state index contributed by atoms with van der Waals surface area (Å²) < 4.78 is 11.1. The summed E-state index contributed by atoms with van der Waals surface area (Å²) in [6.07, 6.45) is 4.41. The molecule has 0 saturated heterocycles. The molecule has 0 spiro atoms. The van der Waals surface area contributed by atoms with Crippen molar-refractivity contribution in [3.63, 3.8) is 0 Å². The topological polar surface area (TPSA) is 47.6 Å². The van der Waals surface area contributed by atoms with Crippen molar-refractivity contribution >= 4 is 5.91 Å². The Labute approximate surface area is 127 Å². The van der Waals surface area contributed by atoms with Crippen molar-refractivity contribution in [1.29, 1.82) is 0 Å². The first-order valence-electron chi connectivity index (χ1n) is 7.77. The number of ether oxygens (including phenoxy) is 2. The van der Waals surface area contributed by atoms with Gasteiger partial charge in [-0.25, -0.2) is 0 Å².